The van der Waals surface area contributed by atoms with Crippen molar-refractivity contribution in [1.29, 1.82) is 0 Å². The summed E-state index contributed by atoms with van der Waals surface area (Å²) in [6, 6.07) is 26.8. The average molecular weight is 358 g/mol. The van der Waals surface area contributed by atoms with Crippen molar-refractivity contribution >= 4 is 11.7 Å². The van der Waals surface area contributed by atoms with Gasteiger partial charge in [-0.15, -0.1) is 0 Å². The molecule has 0 atom stereocenters. The molecule has 0 radical (unpaired) electrons. The van der Waals surface area contributed by atoms with Crippen LogP contribution in [0.4, 0.5) is 10.5 Å². The van der Waals surface area contributed by atoms with Crippen LogP contribution < -0.4 is 10.6 Å². The number of urea groups is 1. The molecule has 27 heavy (non-hydrogen) atoms. The van der Waals surface area contributed by atoms with Gasteiger partial charge in [-0.2, -0.15) is 0 Å². The minimum Gasteiger partial charge on any atom is -0.338 e. The Hall–Kier alpha value is -3.07. The van der Waals surface area contributed by atoms with Crippen molar-refractivity contribution in [3.8, 4) is 0 Å². The molecule has 0 aromatic heterocycles. The van der Waals surface area contributed by atoms with Gasteiger partial charge >= 0.3 is 6.03 Å². The van der Waals surface area contributed by atoms with Crippen molar-refractivity contribution in [2.45, 2.75) is 26.2 Å². The Bertz CT molecular complexity index is 836. The molecule has 0 unspecified atom stereocenters. The molecule has 0 aliphatic carbocycles. The molecule has 3 aromatic carbocycles. The maximum Gasteiger partial charge on any atom is 0.319 e. The summed E-state index contributed by atoms with van der Waals surface area (Å²) >= 11 is 0. The van der Waals surface area contributed by atoms with Gasteiger partial charge in [-0.05, 0) is 48.6 Å². The quantitative estimate of drug-likeness (QED) is 0.587. The first kappa shape index (κ1) is 18.7. The number of nitrogens with one attached hydrogen (secondary N) is 2. The minimum absolute atomic E-state index is 0.163. The second-order valence-corrected chi connectivity index (χ2v) is 6.86. The maximum absolute atomic E-state index is 12.3. The summed E-state index contributed by atoms with van der Waals surface area (Å²) in [4.78, 5) is 12.3. The van der Waals surface area contributed by atoms with Crippen LogP contribution in [0.3, 0.4) is 0 Å². The van der Waals surface area contributed by atoms with Gasteiger partial charge in [0.25, 0.3) is 0 Å². The third-order valence-corrected chi connectivity index (χ3v) is 4.76. The van der Waals surface area contributed by atoms with Crippen LogP contribution in [0.5, 0.6) is 0 Å². The molecule has 0 aliphatic heterocycles. The predicted octanol–water partition coefficient (Wildman–Crippen LogP) is 5.65. The highest BCUT2D eigenvalue weighted by atomic mass is 16.2. The summed E-state index contributed by atoms with van der Waals surface area (Å²) in [6.07, 6.45) is 0.842. The Morgan fingerprint density at radius 3 is 2.04 bits per heavy atom. The lowest BCUT2D eigenvalue weighted by Crippen LogP contribution is -2.30. The highest BCUT2D eigenvalue weighted by Crippen LogP contribution is 2.27. The Morgan fingerprint density at radius 1 is 0.852 bits per heavy atom. The van der Waals surface area contributed by atoms with E-state index in [1.807, 2.05) is 44.2 Å². The van der Waals surface area contributed by atoms with E-state index in [2.05, 4.69) is 59.2 Å². The van der Waals surface area contributed by atoms with Crippen molar-refractivity contribution < 1.29 is 4.79 Å². The maximum atomic E-state index is 12.3. The monoisotopic (exact) mass is 358 g/mol. The SMILES string of the molecule is Cc1ccc(C)c(NC(=O)NCCC(c2ccccc2)c2ccccc2)c1. The van der Waals surface area contributed by atoms with E-state index in [-0.39, 0.29) is 11.9 Å². The van der Waals surface area contributed by atoms with Crippen LogP contribution in [0.15, 0.2) is 78.9 Å². The van der Waals surface area contributed by atoms with Crippen LogP contribution >= 0.6 is 0 Å². The highest BCUT2D eigenvalue weighted by molar-refractivity contribution is 5.90. The zero-order valence-corrected chi connectivity index (χ0v) is 15.9. The van der Waals surface area contributed by atoms with Gasteiger partial charge in [-0.25, -0.2) is 4.79 Å². The van der Waals surface area contributed by atoms with Crippen LogP contribution in [0.1, 0.15) is 34.6 Å². The summed E-state index contributed by atoms with van der Waals surface area (Å²) in [5.41, 5.74) is 5.57. The lowest BCUT2D eigenvalue weighted by Gasteiger charge is -2.19. The Labute approximate surface area is 161 Å². The van der Waals surface area contributed by atoms with Crippen molar-refractivity contribution in [1.82, 2.24) is 5.32 Å². The number of carbonyl (C=O) groups is 1. The topological polar surface area (TPSA) is 41.1 Å². The van der Waals surface area contributed by atoms with E-state index in [1.165, 1.54) is 11.1 Å². The number of anilines is 1. The predicted molar refractivity (Wildman–Crippen MR) is 112 cm³/mol. The number of aryl methyl sites for hydroxylation is 2. The fourth-order valence-corrected chi connectivity index (χ4v) is 3.26. The summed E-state index contributed by atoms with van der Waals surface area (Å²) in [5.74, 6) is 0.258. The fraction of sp³-hybridized carbons (Fsp3) is 0.208. The molecule has 0 saturated heterocycles. The van der Waals surface area contributed by atoms with Gasteiger partial charge in [0.05, 0.1) is 0 Å². The molecule has 0 heterocycles. The second kappa shape index (κ2) is 9.04. The Balaban J connectivity index is 1.62. The lowest BCUT2D eigenvalue weighted by molar-refractivity contribution is 0.252. The van der Waals surface area contributed by atoms with E-state index in [0.717, 1.165) is 23.2 Å². The van der Waals surface area contributed by atoms with Gasteiger partial charge in [-0.3, -0.25) is 0 Å². The largest absolute Gasteiger partial charge is 0.338 e. The number of rotatable bonds is 6. The van der Waals surface area contributed by atoms with Gasteiger partial charge in [0.1, 0.15) is 0 Å². The van der Waals surface area contributed by atoms with Gasteiger partial charge in [0, 0.05) is 18.2 Å². The molecular weight excluding hydrogens is 332 g/mol. The van der Waals surface area contributed by atoms with E-state index >= 15 is 0 Å². The number of hydrogen-bond donors (Lipinski definition) is 2. The minimum atomic E-state index is -0.163. The average Bonchev–Trinajstić information content (AvgIpc) is 2.69. The third-order valence-electron chi connectivity index (χ3n) is 4.76. The zero-order chi connectivity index (χ0) is 19.1. The second-order valence-electron chi connectivity index (χ2n) is 6.86. The highest BCUT2D eigenvalue weighted by Gasteiger charge is 2.14. The van der Waals surface area contributed by atoms with Crippen molar-refractivity contribution in [3.63, 3.8) is 0 Å². The molecule has 3 heteroatoms. The smallest absolute Gasteiger partial charge is 0.319 e. The van der Waals surface area contributed by atoms with E-state index in [9.17, 15) is 4.79 Å². The molecule has 138 valence electrons. The number of benzene rings is 3. The molecule has 2 N–H and O–H groups in total. The van der Waals surface area contributed by atoms with Gasteiger partial charge in [0.15, 0.2) is 0 Å². The molecule has 3 aromatic rings. The van der Waals surface area contributed by atoms with Crippen LogP contribution in [-0.2, 0) is 0 Å². The third kappa shape index (κ3) is 5.20. The lowest BCUT2D eigenvalue weighted by atomic mass is 9.88. The van der Waals surface area contributed by atoms with Crippen LogP contribution in [0.25, 0.3) is 0 Å². The van der Waals surface area contributed by atoms with Crippen molar-refractivity contribution in [2.24, 2.45) is 0 Å². The summed E-state index contributed by atoms with van der Waals surface area (Å²) in [6.45, 7) is 4.62. The molecule has 0 fully saturated rings. The Morgan fingerprint density at radius 2 is 1.44 bits per heavy atom. The molecule has 3 nitrogen and oxygen atoms in total. The van der Waals surface area contributed by atoms with Crippen LogP contribution in [0.2, 0.25) is 0 Å². The standard InChI is InChI=1S/C24H26N2O/c1-18-13-14-19(2)23(17-18)26-24(27)25-16-15-22(20-9-5-3-6-10-20)21-11-7-4-8-12-21/h3-14,17,22H,15-16H2,1-2H3,(H2,25,26,27). The summed E-state index contributed by atoms with van der Waals surface area (Å²) in [5, 5.41) is 5.95. The van der Waals surface area contributed by atoms with Crippen LogP contribution in [-0.4, -0.2) is 12.6 Å². The van der Waals surface area contributed by atoms with E-state index in [1.54, 1.807) is 0 Å². The van der Waals surface area contributed by atoms with Crippen LogP contribution in [0, 0.1) is 13.8 Å². The summed E-state index contributed by atoms with van der Waals surface area (Å²) in [7, 11) is 0. The molecule has 0 bridgehead atoms. The number of hydrogen-bond acceptors (Lipinski definition) is 1. The molecule has 0 spiro atoms. The molecular formula is C24H26N2O. The van der Waals surface area contributed by atoms with E-state index in [0.29, 0.717) is 6.54 Å². The number of carbonyl (C=O) groups excluding carboxylic acids is 1. The Kier molecular flexibility index (Phi) is 6.26. The van der Waals surface area contributed by atoms with Gasteiger partial charge in [-0.1, -0.05) is 72.8 Å². The first-order chi connectivity index (χ1) is 13.1. The molecule has 3 rings (SSSR count). The first-order valence-corrected chi connectivity index (χ1v) is 9.35. The molecule has 0 saturated carbocycles. The van der Waals surface area contributed by atoms with E-state index in [4.69, 9.17) is 0 Å². The van der Waals surface area contributed by atoms with Crippen molar-refractivity contribution in [3.05, 3.63) is 101 Å². The summed E-state index contributed by atoms with van der Waals surface area (Å²) < 4.78 is 0. The fourth-order valence-electron chi connectivity index (χ4n) is 3.26. The van der Waals surface area contributed by atoms with Gasteiger partial charge in [0.2, 0.25) is 0 Å². The molecule has 0 aliphatic rings. The number of amides is 2. The normalized spacial score (nSPS) is 10.6. The van der Waals surface area contributed by atoms with E-state index < -0.39 is 0 Å². The zero-order valence-electron chi connectivity index (χ0n) is 15.9. The van der Waals surface area contributed by atoms with Gasteiger partial charge < -0.3 is 10.6 Å². The van der Waals surface area contributed by atoms with Crippen molar-refractivity contribution in [2.75, 3.05) is 11.9 Å². The molecule has 2 amide bonds. The first-order valence-electron chi connectivity index (χ1n) is 9.35.